The van der Waals surface area contributed by atoms with Gasteiger partial charge in [-0.25, -0.2) is 8.42 Å². The maximum atomic E-state index is 14.1. The van der Waals surface area contributed by atoms with Crippen LogP contribution in [0.5, 0.6) is 0 Å². The molecular weight excluding hydrogens is 625 g/mol. The number of sulfonamides is 1. The van der Waals surface area contributed by atoms with E-state index >= 15 is 0 Å². The molecule has 0 fully saturated rings. The zero-order valence-electron chi connectivity index (χ0n) is 23.0. The summed E-state index contributed by atoms with van der Waals surface area (Å²) in [6.45, 7) is 7.35. The Morgan fingerprint density at radius 1 is 0.923 bits per heavy atom. The molecule has 0 radical (unpaired) electrons. The minimum Gasteiger partial charge on any atom is -0.350 e. The first-order valence-electron chi connectivity index (χ1n) is 12.7. The lowest BCUT2D eigenvalue weighted by atomic mass is 10.0. The van der Waals surface area contributed by atoms with E-state index in [1.807, 2.05) is 82.3 Å². The Kier molecular flexibility index (Phi) is 10.2. The Hall–Kier alpha value is -2.92. The van der Waals surface area contributed by atoms with Gasteiger partial charge in [-0.1, -0.05) is 60.2 Å². The third-order valence-electron chi connectivity index (χ3n) is 6.00. The van der Waals surface area contributed by atoms with E-state index in [1.165, 1.54) is 4.90 Å². The van der Waals surface area contributed by atoms with Crippen molar-refractivity contribution in [3.8, 4) is 0 Å². The van der Waals surface area contributed by atoms with Crippen LogP contribution in [0.15, 0.2) is 78.9 Å². The fourth-order valence-corrected chi connectivity index (χ4v) is 5.44. The Morgan fingerprint density at radius 2 is 1.54 bits per heavy atom. The average molecular weight is 662 g/mol. The van der Waals surface area contributed by atoms with E-state index in [4.69, 9.17) is 0 Å². The monoisotopic (exact) mass is 661 g/mol. The first-order valence-corrected chi connectivity index (χ1v) is 15.6. The van der Waals surface area contributed by atoms with Gasteiger partial charge in [0.15, 0.2) is 0 Å². The number of halogens is 1. The van der Waals surface area contributed by atoms with Gasteiger partial charge in [0.2, 0.25) is 21.8 Å². The standard InChI is InChI=1S/C30H36IN3O4S/c1-22-10-9-13-24(18-22)20-33(27(29(36)32-30(2,3)4)19-23-11-7-6-8-12-23)28(35)21-34(39(5,37)38)26-16-14-25(31)15-17-26/h6-18,27H,19-21H2,1-5H3,(H,32,36)/t27-/m0/s1. The summed E-state index contributed by atoms with van der Waals surface area (Å²) in [6, 6.07) is 23.3. The minimum absolute atomic E-state index is 0.153. The molecule has 39 heavy (non-hydrogen) atoms. The summed E-state index contributed by atoms with van der Waals surface area (Å²) in [5.41, 5.74) is 2.64. The minimum atomic E-state index is -3.79. The second kappa shape index (κ2) is 13.0. The highest BCUT2D eigenvalue weighted by atomic mass is 127. The van der Waals surface area contributed by atoms with Crippen LogP contribution in [0, 0.1) is 10.5 Å². The summed E-state index contributed by atoms with van der Waals surface area (Å²) in [7, 11) is -3.79. The summed E-state index contributed by atoms with van der Waals surface area (Å²) in [5, 5.41) is 3.03. The van der Waals surface area contributed by atoms with Crippen LogP contribution in [0.4, 0.5) is 5.69 Å². The third kappa shape index (κ3) is 9.35. The van der Waals surface area contributed by atoms with Gasteiger partial charge in [-0.3, -0.25) is 13.9 Å². The largest absolute Gasteiger partial charge is 0.350 e. The van der Waals surface area contributed by atoms with E-state index in [0.717, 1.165) is 30.8 Å². The molecule has 1 atom stereocenters. The molecule has 3 aromatic carbocycles. The van der Waals surface area contributed by atoms with E-state index in [2.05, 4.69) is 27.9 Å². The first kappa shape index (κ1) is 30.6. The van der Waals surface area contributed by atoms with Crippen molar-refractivity contribution in [3.63, 3.8) is 0 Å². The van der Waals surface area contributed by atoms with Crippen molar-refractivity contribution >= 4 is 50.1 Å². The molecule has 3 rings (SSSR count). The Balaban J connectivity index is 2.07. The van der Waals surface area contributed by atoms with Crippen molar-refractivity contribution in [1.29, 1.82) is 0 Å². The molecule has 3 aromatic rings. The number of nitrogens with one attached hydrogen (secondary N) is 1. The fourth-order valence-electron chi connectivity index (χ4n) is 4.24. The molecule has 0 aliphatic rings. The molecule has 0 bridgehead atoms. The van der Waals surface area contributed by atoms with Crippen LogP contribution in [0.25, 0.3) is 0 Å². The predicted octanol–water partition coefficient (Wildman–Crippen LogP) is 4.92. The van der Waals surface area contributed by atoms with Crippen LogP contribution in [-0.2, 0) is 32.6 Å². The molecular formula is C30H36IN3O4S. The highest BCUT2D eigenvalue weighted by molar-refractivity contribution is 14.1. The molecule has 0 spiro atoms. The van der Waals surface area contributed by atoms with Gasteiger partial charge >= 0.3 is 0 Å². The van der Waals surface area contributed by atoms with Crippen LogP contribution in [0.2, 0.25) is 0 Å². The van der Waals surface area contributed by atoms with Gasteiger partial charge in [-0.2, -0.15) is 0 Å². The Morgan fingerprint density at radius 3 is 2.10 bits per heavy atom. The van der Waals surface area contributed by atoms with Crippen molar-refractivity contribution in [3.05, 3.63) is 99.1 Å². The smallest absolute Gasteiger partial charge is 0.244 e. The summed E-state index contributed by atoms with van der Waals surface area (Å²) >= 11 is 2.14. The molecule has 2 amide bonds. The maximum absolute atomic E-state index is 14.1. The Labute approximate surface area is 245 Å². The molecule has 0 saturated carbocycles. The number of benzene rings is 3. The predicted molar refractivity (Wildman–Crippen MR) is 165 cm³/mol. The number of aryl methyl sites for hydroxylation is 1. The maximum Gasteiger partial charge on any atom is 0.244 e. The lowest BCUT2D eigenvalue weighted by molar-refractivity contribution is -0.140. The van der Waals surface area contributed by atoms with E-state index < -0.39 is 34.1 Å². The molecule has 1 N–H and O–H groups in total. The van der Waals surface area contributed by atoms with E-state index in [1.54, 1.807) is 24.3 Å². The average Bonchev–Trinajstić information content (AvgIpc) is 2.84. The molecule has 7 nitrogen and oxygen atoms in total. The van der Waals surface area contributed by atoms with Crippen LogP contribution in [0.3, 0.4) is 0 Å². The first-order chi connectivity index (χ1) is 18.2. The van der Waals surface area contributed by atoms with Gasteiger partial charge in [0.25, 0.3) is 0 Å². The fraction of sp³-hybridized carbons (Fsp3) is 0.333. The second-order valence-electron chi connectivity index (χ2n) is 10.7. The lowest BCUT2D eigenvalue weighted by Crippen LogP contribution is -2.56. The quantitative estimate of drug-likeness (QED) is 0.313. The summed E-state index contributed by atoms with van der Waals surface area (Å²) < 4.78 is 27.7. The molecule has 0 aliphatic carbocycles. The van der Waals surface area contributed by atoms with Crippen LogP contribution < -0.4 is 9.62 Å². The molecule has 0 aromatic heterocycles. The molecule has 208 valence electrons. The Bertz CT molecular complexity index is 1390. The summed E-state index contributed by atoms with van der Waals surface area (Å²) in [4.78, 5) is 29.3. The van der Waals surface area contributed by atoms with Gasteiger partial charge in [-0.15, -0.1) is 0 Å². The highest BCUT2D eigenvalue weighted by Gasteiger charge is 2.34. The molecule has 0 unspecified atom stereocenters. The number of carbonyl (C=O) groups excluding carboxylic acids is 2. The normalized spacial score (nSPS) is 12.5. The number of anilines is 1. The summed E-state index contributed by atoms with van der Waals surface area (Å²) in [5.74, 6) is -0.766. The zero-order valence-corrected chi connectivity index (χ0v) is 26.0. The third-order valence-corrected chi connectivity index (χ3v) is 7.86. The number of hydrogen-bond acceptors (Lipinski definition) is 4. The van der Waals surface area contributed by atoms with E-state index in [-0.39, 0.29) is 18.9 Å². The van der Waals surface area contributed by atoms with Crippen molar-refractivity contribution in [2.75, 3.05) is 17.1 Å². The highest BCUT2D eigenvalue weighted by Crippen LogP contribution is 2.22. The second-order valence-corrected chi connectivity index (χ2v) is 13.9. The van der Waals surface area contributed by atoms with Gasteiger partial charge in [0.05, 0.1) is 11.9 Å². The van der Waals surface area contributed by atoms with Crippen molar-refractivity contribution in [2.45, 2.75) is 52.2 Å². The van der Waals surface area contributed by atoms with E-state index in [9.17, 15) is 18.0 Å². The molecule has 0 heterocycles. The van der Waals surface area contributed by atoms with Gasteiger partial charge in [0.1, 0.15) is 12.6 Å². The van der Waals surface area contributed by atoms with Gasteiger partial charge < -0.3 is 10.2 Å². The van der Waals surface area contributed by atoms with Crippen molar-refractivity contribution in [1.82, 2.24) is 10.2 Å². The van der Waals surface area contributed by atoms with Crippen LogP contribution in [-0.4, -0.2) is 49.5 Å². The SMILES string of the molecule is Cc1cccc(CN(C(=O)CN(c2ccc(I)cc2)S(C)(=O)=O)[C@@H](Cc2ccccc2)C(=O)NC(C)(C)C)c1. The van der Waals surface area contributed by atoms with Crippen LogP contribution >= 0.6 is 22.6 Å². The number of carbonyl (C=O) groups is 2. The van der Waals surface area contributed by atoms with Gasteiger partial charge in [0, 0.05) is 22.1 Å². The number of amides is 2. The van der Waals surface area contributed by atoms with Crippen molar-refractivity contribution < 1.29 is 18.0 Å². The van der Waals surface area contributed by atoms with Crippen molar-refractivity contribution in [2.24, 2.45) is 0 Å². The molecule has 0 saturated heterocycles. The number of rotatable bonds is 10. The number of nitrogens with zero attached hydrogens (tertiary/aromatic N) is 2. The van der Waals surface area contributed by atoms with E-state index in [0.29, 0.717) is 5.69 Å². The lowest BCUT2D eigenvalue weighted by Gasteiger charge is -2.35. The number of hydrogen-bond donors (Lipinski definition) is 1. The molecule has 9 heteroatoms. The topological polar surface area (TPSA) is 86.8 Å². The van der Waals surface area contributed by atoms with Crippen LogP contribution in [0.1, 0.15) is 37.5 Å². The summed E-state index contributed by atoms with van der Waals surface area (Å²) in [6.07, 6.45) is 1.36. The zero-order chi connectivity index (χ0) is 28.8. The molecule has 0 aliphatic heterocycles. The van der Waals surface area contributed by atoms with Gasteiger partial charge in [-0.05, 0) is 85.7 Å².